The molecule has 1 N–H and O–H groups in total. The van der Waals surface area contributed by atoms with Gasteiger partial charge in [-0.25, -0.2) is 12.7 Å². The van der Waals surface area contributed by atoms with Gasteiger partial charge in [0.15, 0.2) is 0 Å². The molecule has 0 spiro atoms. The molecule has 0 radical (unpaired) electrons. The van der Waals surface area contributed by atoms with Crippen LogP contribution in [-0.2, 0) is 21.2 Å². The first-order valence-electron chi connectivity index (χ1n) is 8.26. The standard InChI is InChI=1S/C17H26N2O4S/c1-23-16-9-7-14(8-10-16)5-3-11-18-17(20)15-6-4-12-19(13-15)24(2,21)22/h7-10,15H,3-6,11-13H2,1-2H3,(H,18,20)/t15-/m0/s1. The summed E-state index contributed by atoms with van der Waals surface area (Å²) in [5.74, 6) is 0.548. The molecular weight excluding hydrogens is 328 g/mol. The summed E-state index contributed by atoms with van der Waals surface area (Å²) >= 11 is 0. The van der Waals surface area contributed by atoms with Gasteiger partial charge in [-0.15, -0.1) is 0 Å². The summed E-state index contributed by atoms with van der Waals surface area (Å²) in [6, 6.07) is 7.89. The lowest BCUT2D eigenvalue weighted by Crippen LogP contribution is -2.45. The minimum atomic E-state index is -3.22. The number of methoxy groups -OCH3 is 1. The maximum atomic E-state index is 12.2. The lowest BCUT2D eigenvalue weighted by atomic mass is 9.99. The van der Waals surface area contributed by atoms with Gasteiger partial charge in [-0.05, 0) is 43.4 Å². The highest BCUT2D eigenvalue weighted by atomic mass is 32.2. The van der Waals surface area contributed by atoms with Crippen LogP contribution in [0.1, 0.15) is 24.8 Å². The zero-order valence-corrected chi connectivity index (χ0v) is 15.1. The van der Waals surface area contributed by atoms with E-state index in [-0.39, 0.29) is 11.8 Å². The van der Waals surface area contributed by atoms with E-state index < -0.39 is 10.0 Å². The number of aryl methyl sites for hydroxylation is 1. The topological polar surface area (TPSA) is 75.7 Å². The summed E-state index contributed by atoms with van der Waals surface area (Å²) in [6.07, 6.45) is 4.40. The molecule has 1 aromatic carbocycles. The molecule has 0 aromatic heterocycles. The fourth-order valence-corrected chi connectivity index (χ4v) is 3.81. The number of sulfonamides is 1. The SMILES string of the molecule is COc1ccc(CCCNC(=O)[C@H]2CCCN(S(C)(=O)=O)C2)cc1. The van der Waals surface area contributed by atoms with Gasteiger partial charge in [0.05, 0.1) is 19.3 Å². The van der Waals surface area contributed by atoms with E-state index in [1.165, 1.54) is 16.1 Å². The van der Waals surface area contributed by atoms with E-state index in [0.29, 0.717) is 19.6 Å². The van der Waals surface area contributed by atoms with Crippen LogP contribution in [0.15, 0.2) is 24.3 Å². The molecule has 1 aliphatic rings. The maximum Gasteiger partial charge on any atom is 0.224 e. The van der Waals surface area contributed by atoms with Crippen molar-refractivity contribution in [3.63, 3.8) is 0 Å². The Balaban J connectivity index is 1.72. The minimum Gasteiger partial charge on any atom is -0.497 e. The van der Waals surface area contributed by atoms with Crippen LogP contribution in [0, 0.1) is 5.92 Å². The van der Waals surface area contributed by atoms with Crippen molar-refractivity contribution in [3.05, 3.63) is 29.8 Å². The summed E-state index contributed by atoms with van der Waals surface area (Å²) in [5.41, 5.74) is 1.20. The Labute approximate surface area is 144 Å². The highest BCUT2D eigenvalue weighted by Crippen LogP contribution is 2.19. The Kier molecular flexibility index (Phi) is 6.62. The van der Waals surface area contributed by atoms with Gasteiger partial charge in [0.25, 0.3) is 0 Å². The van der Waals surface area contributed by atoms with Gasteiger partial charge in [0.2, 0.25) is 15.9 Å². The second-order valence-electron chi connectivity index (χ2n) is 6.20. The van der Waals surface area contributed by atoms with Crippen LogP contribution in [0.5, 0.6) is 5.75 Å². The van der Waals surface area contributed by atoms with E-state index in [1.807, 2.05) is 24.3 Å². The summed E-state index contributed by atoms with van der Waals surface area (Å²) in [5, 5.41) is 2.93. The van der Waals surface area contributed by atoms with Crippen LogP contribution in [0.3, 0.4) is 0 Å². The molecular formula is C17H26N2O4S. The van der Waals surface area contributed by atoms with Crippen molar-refractivity contribution < 1.29 is 17.9 Å². The average Bonchev–Trinajstić information content (AvgIpc) is 2.58. The number of hydrogen-bond donors (Lipinski definition) is 1. The fourth-order valence-electron chi connectivity index (χ4n) is 2.90. The molecule has 1 atom stereocenters. The molecule has 1 aliphatic heterocycles. The van der Waals surface area contributed by atoms with Crippen molar-refractivity contribution >= 4 is 15.9 Å². The van der Waals surface area contributed by atoms with Gasteiger partial charge in [-0.2, -0.15) is 0 Å². The lowest BCUT2D eigenvalue weighted by Gasteiger charge is -2.30. The third-order valence-corrected chi connectivity index (χ3v) is 5.59. The second kappa shape index (κ2) is 8.48. The van der Waals surface area contributed by atoms with E-state index >= 15 is 0 Å². The van der Waals surface area contributed by atoms with E-state index in [2.05, 4.69) is 5.32 Å². The number of amides is 1. The molecule has 1 amide bonds. The predicted molar refractivity (Wildman–Crippen MR) is 93.5 cm³/mol. The fraction of sp³-hybridized carbons (Fsp3) is 0.588. The molecule has 1 aromatic rings. The van der Waals surface area contributed by atoms with E-state index in [4.69, 9.17) is 4.74 Å². The number of ether oxygens (including phenoxy) is 1. The van der Waals surface area contributed by atoms with Gasteiger partial charge in [0.1, 0.15) is 5.75 Å². The van der Waals surface area contributed by atoms with E-state index in [1.54, 1.807) is 7.11 Å². The number of carbonyl (C=O) groups excluding carboxylic acids is 1. The molecule has 2 rings (SSSR count). The molecule has 0 saturated carbocycles. The third kappa shape index (κ3) is 5.49. The monoisotopic (exact) mass is 354 g/mol. The molecule has 24 heavy (non-hydrogen) atoms. The van der Waals surface area contributed by atoms with Crippen molar-refractivity contribution in [1.82, 2.24) is 9.62 Å². The zero-order valence-electron chi connectivity index (χ0n) is 14.3. The number of nitrogens with one attached hydrogen (secondary N) is 1. The predicted octanol–water partition coefficient (Wildman–Crippen LogP) is 1.42. The maximum absolute atomic E-state index is 12.2. The number of hydrogen-bond acceptors (Lipinski definition) is 4. The smallest absolute Gasteiger partial charge is 0.224 e. The van der Waals surface area contributed by atoms with Crippen LogP contribution >= 0.6 is 0 Å². The molecule has 1 heterocycles. The van der Waals surface area contributed by atoms with Crippen LogP contribution in [-0.4, -0.2) is 51.6 Å². The first kappa shape index (κ1) is 18.7. The van der Waals surface area contributed by atoms with Gasteiger partial charge in [-0.3, -0.25) is 4.79 Å². The third-order valence-electron chi connectivity index (χ3n) is 4.32. The van der Waals surface area contributed by atoms with Gasteiger partial charge < -0.3 is 10.1 Å². The molecule has 1 saturated heterocycles. The largest absolute Gasteiger partial charge is 0.497 e. The Hall–Kier alpha value is -1.60. The van der Waals surface area contributed by atoms with Gasteiger partial charge >= 0.3 is 0 Å². The highest BCUT2D eigenvalue weighted by Gasteiger charge is 2.29. The molecule has 0 aliphatic carbocycles. The van der Waals surface area contributed by atoms with Crippen LogP contribution in [0.2, 0.25) is 0 Å². The van der Waals surface area contributed by atoms with Crippen molar-refractivity contribution in [1.29, 1.82) is 0 Å². The van der Waals surface area contributed by atoms with E-state index in [9.17, 15) is 13.2 Å². The molecule has 0 bridgehead atoms. The number of benzene rings is 1. The Morgan fingerprint density at radius 3 is 2.67 bits per heavy atom. The second-order valence-corrected chi connectivity index (χ2v) is 8.19. The summed E-state index contributed by atoms with van der Waals surface area (Å²) in [4.78, 5) is 12.2. The quantitative estimate of drug-likeness (QED) is 0.752. The van der Waals surface area contributed by atoms with E-state index in [0.717, 1.165) is 31.4 Å². The molecule has 134 valence electrons. The van der Waals surface area contributed by atoms with Crippen LogP contribution in [0.25, 0.3) is 0 Å². The summed E-state index contributed by atoms with van der Waals surface area (Å²) < 4.78 is 29.7. The summed E-state index contributed by atoms with van der Waals surface area (Å²) in [7, 11) is -1.58. The Morgan fingerprint density at radius 2 is 2.04 bits per heavy atom. The molecule has 1 fully saturated rings. The first-order chi connectivity index (χ1) is 11.4. The Bertz CT molecular complexity index is 643. The molecule has 0 unspecified atom stereocenters. The number of carbonyl (C=O) groups is 1. The highest BCUT2D eigenvalue weighted by molar-refractivity contribution is 7.88. The zero-order chi connectivity index (χ0) is 17.6. The van der Waals surface area contributed by atoms with Crippen molar-refractivity contribution in [2.45, 2.75) is 25.7 Å². The van der Waals surface area contributed by atoms with Gasteiger partial charge in [-0.1, -0.05) is 12.1 Å². The number of piperidine rings is 1. The minimum absolute atomic E-state index is 0.0434. The number of rotatable bonds is 7. The summed E-state index contributed by atoms with van der Waals surface area (Å²) in [6.45, 7) is 1.41. The van der Waals surface area contributed by atoms with Crippen molar-refractivity contribution in [3.8, 4) is 5.75 Å². The van der Waals surface area contributed by atoms with Crippen LogP contribution < -0.4 is 10.1 Å². The Morgan fingerprint density at radius 1 is 1.33 bits per heavy atom. The van der Waals surface area contributed by atoms with Gasteiger partial charge in [0, 0.05) is 19.6 Å². The normalized spacial score (nSPS) is 19.0. The first-order valence-corrected chi connectivity index (χ1v) is 10.1. The lowest BCUT2D eigenvalue weighted by molar-refractivity contribution is -0.126. The average molecular weight is 354 g/mol. The molecule has 6 nitrogen and oxygen atoms in total. The van der Waals surface area contributed by atoms with Crippen molar-refractivity contribution in [2.24, 2.45) is 5.92 Å². The van der Waals surface area contributed by atoms with Crippen LogP contribution in [0.4, 0.5) is 0 Å². The van der Waals surface area contributed by atoms with Crippen molar-refractivity contribution in [2.75, 3.05) is 33.0 Å². The molecule has 7 heteroatoms. The number of nitrogens with zero attached hydrogens (tertiary/aromatic N) is 1.